The molecule has 104 valence electrons. The van der Waals surface area contributed by atoms with Gasteiger partial charge in [0, 0.05) is 31.4 Å². The van der Waals surface area contributed by atoms with Crippen LogP contribution < -0.4 is 10.6 Å². The van der Waals surface area contributed by atoms with Crippen molar-refractivity contribution in [2.75, 3.05) is 6.54 Å². The average molecular weight is 265 g/mol. The van der Waals surface area contributed by atoms with E-state index in [0.717, 1.165) is 16.8 Å². The number of carboxylic acid groups (broad SMARTS) is 1. The number of carbonyl (C=O) groups excluding carboxylic acids is 1. The van der Waals surface area contributed by atoms with Gasteiger partial charge in [0.15, 0.2) is 0 Å². The predicted octanol–water partition coefficient (Wildman–Crippen LogP) is 1.36. The molecule has 2 amide bonds. The van der Waals surface area contributed by atoms with E-state index in [9.17, 15) is 9.59 Å². The minimum Gasteiger partial charge on any atom is -0.481 e. The number of aromatic nitrogens is 1. The van der Waals surface area contributed by atoms with Crippen LogP contribution in [0.15, 0.2) is 12.3 Å². The zero-order valence-electron chi connectivity index (χ0n) is 11.2. The van der Waals surface area contributed by atoms with Gasteiger partial charge in [-0.05, 0) is 37.5 Å². The van der Waals surface area contributed by atoms with Crippen molar-refractivity contribution in [3.63, 3.8) is 0 Å². The summed E-state index contributed by atoms with van der Waals surface area (Å²) in [5, 5.41) is 13.8. The second kappa shape index (κ2) is 7.35. The quantitative estimate of drug-likeness (QED) is 0.677. The summed E-state index contributed by atoms with van der Waals surface area (Å²) in [7, 11) is 0. The van der Waals surface area contributed by atoms with Gasteiger partial charge in [-0.2, -0.15) is 0 Å². The summed E-state index contributed by atoms with van der Waals surface area (Å²) in [6.45, 7) is 4.64. The lowest BCUT2D eigenvalue weighted by Gasteiger charge is -2.09. The summed E-state index contributed by atoms with van der Waals surface area (Å²) < 4.78 is 0. The highest BCUT2D eigenvalue weighted by Gasteiger charge is 2.03. The number of amides is 2. The van der Waals surface area contributed by atoms with Gasteiger partial charge in [-0.3, -0.25) is 9.78 Å². The third-order valence-corrected chi connectivity index (χ3v) is 2.65. The number of nitrogens with zero attached hydrogens (tertiary/aromatic N) is 1. The Morgan fingerprint density at radius 2 is 2.05 bits per heavy atom. The number of pyridine rings is 1. The van der Waals surface area contributed by atoms with E-state index >= 15 is 0 Å². The van der Waals surface area contributed by atoms with E-state index in [2.05, 4.69) is 15.6 Å². The van der Waals surface area contributed by atoms with E-state index < -0.39 is 5.97 Å². The van der Waals surface area contributed by atoms with Crippen LogP contribution in [0.25, 0.3) is 0 Å². The van der Waals surface area contributed by atoms with Crippen molar-refractivity contribution < 1.29 is 14.7 Å². The lowest BCUT2D eigenvalue weighted by Crippen LogP contribution is -2.35. The fourth-order valence-corrected chi connectivity index (χ4v) is 1.59. The van der Waals surface area contributed by atoms with E-state index in [1.165, 1.54) is 0 Å². The Morgan fingerprint density at radius 3 is 2.68 bits per heavy atom. The first-order valence-corrected chi connectivity index (χ1v) is 6.14. The van der Waals surface area contributed by atoms with Crippen molar-refractivity contribution in [2.45, 2.75) is 33.2 Å². The van der Waals surface area contributed by atoms with Gasteiger partial charge in [0.1, 0.15) is 0 Å². The Morgan fingerprint density at radius 1 is 1.32 bits per heavy atom. The number of carboxylic acids is 1. The van der Waals surface area contributed by atoms with E-state index in [1.807, 2.05) is 19.9 Å². The lowest BCUT2D eigenvalue weighted by atomic mass is 10.1. The maximum atomic E-state index is 11.4. The molecule has 0 spiro atoms. The van der Waals surface area contributed by atoms with Crippen molar-refractivity contribution in [3.05, 3.63) is 29.1 Å². The topological polar surface area (TPSA) is 91.3 Å². The normalized spacial score (nSPS) is 10.0. The molecule has 0 atom stereocenters. The zero-order valence-corrected chi connectivity index (χ0v) is 11.2. The highest BCUT2D eigenvalue weighted by molar-refractivity contribution is 5.74. The minimum absolute atomic E-state index is 0.0568. The van der Waals surface area contributed by atoms with Crippen LogP contribution in [0.5, 0.6) is 0 Å². The number of hydrogen-bond donors (Lipinski definition) is 3. The molecule has 0 unspecified atom stereocenters. The van der Waals surface area contributed by atoms with Gasteiger partial charge in [-0.1, -0.05) is 0 Å². The van der Waals surface area contributed by atoms with Crippen molar-refractivity contribution in [2.24, 2.45) is 0 Å². The fraction of sp³-hybridized carbons (Fsp3) is 0.462. The van der Waals surface area contributed by atoms with Gasteiger partial charge >= 0.3 is 12.0 Å². The van der Waals surface area contributed by atoms with Crippen LogP contribution in [-0.4, -0.2) is 28.6 Å². The van der Waals surface area contributed by atoms with E-state index in [1.54, 1.807) is 6.20 Å². The molecule has 0 aromatic carbocycles. The number of urea groups is 1. The van der Waals surface area contributed by atoms with Crippen LogP contribution in [-0.2, 0) is 11.3 Å². The summed E-state index contributed by atoms with van der Waals surface area (Å²) in [5.41, 5.74) is 2.99. The summed E-state index contributed by atoms with van der Waals surface area (Å²) >= 11 is 0. The van der Waals surface area contributed by atoms with Gasteiger partial charge in [-0.15, -0.1) is 0 Å². The summed E-state index contributed by atoms with van der Waals surface area (Å²) in [6, 6.07) is 1.66. The number of aryl methyl sites for hydroxylation is 2. The van der Waals surface area contributed by atoms with Crippen LogP contribution in [0.3, 0.4) is 0 Å². The SMILES string of the molecule is Cc1cc(C)c(CNC(=O)NCCCC(=O)O)cn1. The molecule has 0 saturated heterocycles. The predicted molar refractivity (Wildman–Crippen MR) is 70.8 cm³/mol. The molecule has 0 fully saturated rings. The molecular formula is C13H19N3O3. The monoisotopic (exact) mass is 265 g/mol. The number of aliphatic carboxylic acids is 1. The number of rotatable bonds is 6. The number of hydrogen-bond acceptors (Lipinski definition) is 3. The molecule has 1 aromatic rings. The number of carbonyl (C=O) groups is 2. The van der Waals surface area contributed by atoms with Crippen molar-refractivity contribution in [3.8, 4) is 0 Å². The van der Waals surface area contributed by atoms with Crippen LogP contribution >= 0.6 is 0 Å². The van der Waals surface area contributed by atoms with Gasteiger partial charge < -0.3 is 15.7 Å². The van der Waals surface area contributed by atoms with Gasteiger partial charge in [-0.25, -0.2) is 4.79 Å². The fourth-order valence-electron chi connectivity index (χ4n) is 1.59. The molecule has 6 nitrogen and oxygen atoms in total. The van der Waals surface area contributed by atoms with Crippen molar-refractivity contribution in [1.29, 1.82) is 0 Å². The average Bonchev–Trinajstić information content (AvgIpc) is 2.33. The smallest absolute Gasteiger partial charge is 0.315 e. The molecule has 1 rings (SSSR count). The standard InChI is InChI=1S/C13H19N3O3/c1-9-6-10(2)15-7-11(9)8-16-13(19)14-5-3-4-12(17)18/h6-7H,3-5,8H2,1-2H3,(H,17,18)(H2,14,16,19). The molecule has 0 radical (unpaired) electrons. The molecule has 0 aliphatic carbocycles. The third kappa shape index (κ3) is 5.85. The van der Waals surface area contributed by atoms with Crippen molar-refractivity contribution in [1.82, 2.24) is 15.6 Å². The molecule has 0 bridgehead atoms. The van der Waals surface area contributed by atoms with Gasteiger partial charge in [0.25, 0.3) is 0 Å². The maximum absolute atomic E-state index is 11.4. The Labute approximate surface area is 112 Å². The molecular weight excluding hydrogens is 246 g/mol. The summed E-state index contributed by atoms with van der Waals surface area (Å²) in [6.07, 6.45) is 2.23. The molecule has 1 aromatic heterocycles. The zero-order chi connectivity index (χ0) is 14.3. The molecule has 3 N–H and O–H groups in total. The minimum atomic E-state index is -0.858. The Bertz CT molecular complexity index is 460. The van der Waals surface area contributed by atoms with E-state index in [0.29, 0.717) is 19.5 Å². The molecule has 19 heavy (non-hydrogen) atoms. The third-order valence-electron chi connectivity index (χ3n) is 2.65. The first kappa shape index (κ1) is 14.9. The van der Waals surface area contributed by atoms with Gasteiger partial charge in [0.2, 0.25) is 0 Å². The largest absolute Gasteiger partial charge is 0.481 e. The van der Waals surface area contributed by atoms with Crippen LogP contribution in [0, 0.1) is 13.8 Å². The van der Waals surface area contributed by atoms with Crippen LogP contribution in [0.2, 0.25) is 0 Å². The highest BCUT2D eigenvalue weighted by atomic mass is 16.4. The maximum Gasteiger partial charge on any atom is 0.315 e. The second-order valence-electron chi connectivity index (χ2n) is 4.36. The molecule has 6 heteroatoms. The Hall–Kier alpha value is -2.11. The van der Waals surface area contributed by atoms with Gasteiger partial charge in [0.05, 0.1) is 0 Å². The van der Waals surface area contributed by atoms with E-state index in [4.69, 9.17) is 5.11 Å². The van der Waals surface area contributed by atoms with Crippen LogP contribution in [0.1, 0.15) is 29.7 Å². The molecule has 0 aliphatic rings. The van der Waals surface area contributed by atoms with Crippen molar-refractivity contribution >= 4 is 12.0 Å². The molecule has 0 saturated carbocycles. The molecule has 0 aliphatic heterocycles. The lowest BCUT2D eigenvalue weighted by molar-refractivity contribution is -0.137. The molecule has 1 heterocycles. The number of nitrogens with one attached hydrogen (secondary N) is 2. The summed E-state index contributed by atoms with van der Waals surface area (Å²) in [4.78, 5) is 25.9. The van der Waals surface area contributed by atoms with E-state index in [-0.39, 0.29) is 12.5 Å². The second-order valence-corrected chi connectivity index (χ2v) is 4.36. The first-order valence-electron chi connectivity index (χ1n) is 6.14. The Kier molecular flexibility index (Phi) is 5.78. The Balaban J connectivity index is 2.28. The first-order chi connectivity index (χ1) is 8.99. The highest BCUT2D eigenvalue weighted by Crippen LogP contribution is 2.06. The van der Waals surface area contributed by atoms with Crippen LogP contribution in [0.4, 0.5) is 4.79 Å². The summed E-state index contributed by atoms with van der Waals surface area (Å²) in [5.74, 6) is -0.858.